The highest BCUT2D eigenvalue weighted by atomic mass is 79.9. The van der Waals surface area contributed by atoms with Crippen molar-refractivity contribution in [3.63, 3.8) is 0 Å². The molecule has 24 heavy (non-hydrogen) atoms. The lowest BCUT2D eigenvalue weighted by Gasteiger charge is -2.09. The van der Waals surface area contributed by atoms with Crippen molar-refractivity contribution in [1.82, 2.24) is 9.97 Å². The number of halogens is 1. The number of amides is 1. The van der Waals surface area contributed by atoms with Crippen molar-refractivity contribution in [3.8, 4) is 0 Å². The standard InChI is InChI=1S/C18H15BrN4O/c19-15-6-1-2-7-16(15)23-18(24)13-8-10-21-17(11-13)22-12-14-5-3-4-9-20-14/h1-11H,12H2,(H,21,22)(H,23,24). The lowest BCUT2D eigenvalue weighted by atomic mass is 10.2. The lowest BCUT2D eigenvalue weighted by Crippen LogP contribution is -2.13. The minimum absolute atomic E-state index is 0.190. The molecular formula is C18H15BrN4O. The SMILES string of the molecule is O=C(Nc1ccccc1Br)c1ccnc(NCc2ccccn2)c1. The van der Waals surface area contributed by atoms with Gasteiger partial charge in [0.2, 0.25) is 0 Å². The Hall–Kier alpha value is -2.73. The van der Waals surface area contributed by atoms with Crippen LogP contribution in [0.3, 0.4) is 0 Å². The smallest absolute Gasteiger partial charge is 0.255 e. The van der Waals surface area contributed by atoms with E-state index in [1.807, 2.05) is 42.5 Å². The second kappa shape index (κ2) is 7.70. The van der Waals surface area contributed by atoms with Crippen LogP contribution in [0.1, 0.15) is 16.1 Å². The van der Waals surface area contributed by atoms with Crippen molar-refractivity contribution in [2.75, 3.05) is 10.6 Å². The molecular weight excluding hydrogens is 368 g/mol. The maximum absolute atomic E-state index is 12.4. The third kappa shape index (κ3) is 4.17. The molecule has 0 aliphatic rings. The highest BCUT2D eigenvalue weighted by Crippen LogP contribution is 2.22. The van der Waals surface area contributed by atoms with Crippen LogP contribution in [0.4, 0.5) is 11.5 Å². The first-order chi connectivity index (χ1) is 11.7. The number of pyridine rings is 2. The van der Waals surface area contributed by atoms with E-state index in [0.29, 0.717) is 17.9 Å². The monoisotopic (exact) mass is 382 g/mol. The Labute approximate surface area is 148 Å². The van der Waals surface area contributed by atoms with Gasteiger partial charge in [0.05, 0.1) is 17.9 Å². The second-order valence-electron chi connectivity index (χ2n) is 5.04. The van der Waals surface area contributed by atoms with Crippen molar-refractivity contribution in [1.29, 1.82) is 0 Å². The summed E-state index contributed by atoms with van der Waals surface area (Å²) >= 11 is 3.42. The van der Waals surface area contributed by atoms with Crippen molar-refractivity contribution in [2.24, 2.45) is 0 Å². The van der Waals surface area contributed by atoms with Crippen LogP contribution in [0.15, 0.2) is 71.5 Å². The molecule has 0 spiro atoms. The van der Waals surface area contributed by atoms with Crippen LogP contribution >= 0.6 is 15.9 Å². The highest BCUT2D eigenvalue weighted by Gasteiger charge is 2.09. The second-order valence-corrected chi connectivity index (χ2v) is 5.89. The van der Waals surface area contributed by atoms with E-state index in [9.17, 15) is 4.79 Å². The first kappa shape index (κ1) is 16.1. The Morgan fingerprint density at radius 2 is 1.83 bits per heavy atom. The first-order valence-corrected chi connectivity index (χ1v) is 8.17. The maximum atomic E-state index is 12.4. The van der Waals surface area contributed by atoms with Gasteiger partial charge in [0.25, 0.3) is 5.91 Å². The van der Waals surface area contributed by atoms with E-state index >= 15 is 0 Å². The van der Waals surface area contributed by atoms with Gasteiger partial charge in [-0.3, -0.25) is 9.78 Å². The summed E-state index contributed by atoms with van der Waals surface area (Å²) < 4.78 is 0.834. The van der Waals surface area contributed by atoms with E-state index in [-0.39, 0.29) is 5.91 Å². The van der Waals surface area contributed by atoms with Crippen LogP contribution in [0, 0.1) is 0 Å². The molecule has 0 unspecified atom stereocenters. The Balaban J connectivity index is 1.68. The average Bonchev–Trinajstić information content (AvgIpc) is 2.63. The summed E-state index contributed by atoms with van der Waals surface area (Å²) in [6.45, 7) is 0.545. The van der Waals surface area contributed by atoms with Crippen LogP contribution in [-0.2, 0) is 6.54 Å². The molecule has 0 atom stereocenters. The molecule has 1 amide bonds. The minimum Gasteiger partial charge on any atom is -0.364 e. The number of benzene rings is 1. The normalized spacial score (nSPS) is 10.2. The van der Waals surface area contributed by atoms with E-state index in [2.05, 4.69) is 36.5 Å². The van der Waals surface area contributed by atoms with Gasteiger partial charge in [-0.05, 0) is 52.3 Å². The fourth-order valence-electron chi connectivity index (χ4n) is 2.11. The van der Waals surface area contributed by atoms with Crippen molar-refractivity contribution >= 4 is 33.3 Å². The molecule has 0 radical (unpaired) electrons. The predicted molar refractivity (Wildman–Crippen MR) is 97.9 cm³/mol. The number of nitrogens with one attached hydrogen (secondary N) is 2. The number of anilines is 2. The number of hydrogen-bond acceptors (Lipinski definition) is 4. The van der Waals surface area contributed by atoms with Crippen LogP contribution in [0.5, 0.6) is 0 Å². The summed E-state index contributed by atoms with van der Waals surface area (Å²) in [5, 5.41) is 6.04. The molecule has 120 valence electrons. The minimum atomic E-state index is -0.190. The molecule has 3 rings (SSSR count). The van der Waals surface area contributed by atoms with Gasteiger partial charge in [-0.25, -0.2) is 4.98 Å². The number of aromatic nitrogens is 2. The molecule has 0 bridgehead atoms. The summed E-state index contributed by atoms with van der Waals surface area (Å²) in [4.78, 5) is 20.9. The molecule has 1 aromatic carbocycles. The maximum Gasteiger partial charge on any atom is 0.255 e. The van der Waals surface area contributed by atoms with Gasteiger partial charge in [0.1, 0.15) is 5.82 Å². The van der Waals surface area contributed by atoms with Gasteiger partial charge in [0, 0.05) is 22.4 Å². The van der Waals surface area contributed by atoms with E-state index in [0.717, 1.165) is 15.9 Å². The van der Waals surface area contributed by atoms with Gasteiger partial charge in [-0.1, -0.05) is 18.2 Å². The first-order valence-electron chi connectivity index (χ1n) is 7.38. The Morgan fingerprint density at radius 1 is 1.00 bits per heavy atom. The fourth-order valence-corrected chi connectivity index (χ4v) is 2.49. The molecule has 3 aromatic rings. The average molecular weight is 383 g/mol. The number of carbonyl (C=O) groups excluding carboxylic acids is 1. The quantitative estimate of drug-likeness (QED) is 0.696. The van der Waals surface area contributed by atoms with Crippen LogP contribution < -0.4 is 10.6 Å². The molecule has 0 aliphatic heterocycles. The summed E-state index contributed by atoms with van der Waals surface area (Å²) in [5.74, 6) is 0.436. The van der Waals surface area contributed by atoms with Crippen molar-refractivity contribution in [3.05, 3.63) is 82.7 Å². The summed E-state index contributed by atoms with van der Waals surface area (Å²) in [6, 6.07) is 16.6. The van der Waals surface area contributed by atoms with Crippen LogP contribution in [-0.4, -0.2) is 15.9 Å². The topological polar surface area (TPSA) is 66.9 Å². The van der Waals surface area contributed by atoms with Gasteiger partial charge in [-0.2, -0.15) is 0 Å². The zero-order chi connectivity index (χ0) is 16.8. The third-order valence-corrected chi connectivity index (χ3v) is 4.01. The van der Waals surface area contributed by atoms with Crippen LogP contribution in [0.25, 0.3) is 0 Å². The highest BCUT2D eigenvalue weighted by molar-refractivity contribution is 9.10. The third-order valence-electron chi connectivity index (χ3n) is 3.32. The summed E-state index contributed by atoms with van der Waals surface area (Å²) in [6.07, 6.45) is 3.35. The zero-order valence-electron chi connectivity index (χ0n) is 12.7. The Morgan fingerprint density at radius 3 is 2.62 bits per heavy atom. The molecule has 2 aromatic heterocycles. The number of hydrogen-bond donors (Lipinski definition) is 2. The van der Waals surface area contributed by atoms with E-state index in [4.69, 9.17) is 0 Å². The lowest BCUT2D eigenvalue weighted by molar-refractivity contribution is 0.102. The summed E-state index contributed by atoms with van der Waals surface area (Å²) in [7, 11) is 0. The largest absolute Gasteiger partial charge is 0.364 e. The number of rotatable bonds is 5. The number of nitrogens with zero attached hydrogens (tertiary/aromatic N) is 2. The summed E-state index contributed by atoms with van der Waals surface area (Å²) in [5.41, 5.74) is 2.16. The van der Waals surface area contributed by atoms with E-state index in [1.165, 1.54) is 0 Å². The zero-order valence-corrected chi connectivity index (χ0v) is 14.3. The molecule has 6 heteroatoms. The molecule has 2 heterocycles. The van der Waals surface area contributed by atoms with Gasteiger partial charge >= 0.3 is 0 Å². The predicted octanol–water partition coefficient (Wildman–Crippen LogP) is 4.10. The Kier molecular flexibility index (Phi) is 5.18. The molecule has 0 saturated carbocycles. The molecule has 0 fully saturated rings. The van der Waals surface area contributed by atoms with Crippen molar-refractivity contribution in [2.45, 2.75) is 6.54 Å². The van der Waals surface area contributed by atoms with Gasteiger partial charge < -0.3 is 10.6 Å². The fraction of sp³-hybridized carbons (Fsp3) is 0.0556. The molecule has 0 saturated heterocycles. The van der Waals surface area contributed by atoms with Crippen LogP contribution in [0.2, 0.25) is 0 Å². The van der Waals surface area contributed by atoms with E-state index < -0.39 is 0 Å². The van der Waals surface area contributed by atoms with Gasteiger partial charge in [0.15, 0.2) is 0 Å². The molecule has 5 nitrogen and oxygen atoms in total. The number of para-hydroxylation sites is 1. The number of carbonyl (C=O) groups is 1. The molecule has 0 aliphatic carbocycles. The van der Waals surface area contributed by atoms with Crippen molar-refractivity contribution < 1.29 is 4.79 Å². The van der Waals surface area contributed by atoms with E-state index in [1.54, 1.807) is 24.5 Å². The van der Waals surface area contributed by atoms with Gasteiger partial charge in [-0.15, -0.1) is 0 Å². The Bertz CT molecular complexity index is 839. The molecule has 2 N–H and O–H groups in total.